The Kier molecular flexibility index (Phi) is 6.90. The smallest absolute Gasteiger partial charge is 0.247 e. The average Bonchev–Trinajstić information content (AvgIpc) is 2.76. The molecule has 0 fully saturated rings. The lowest BCUT2D eigenvalue weighted by Crippen LogP contribution is -2.35. The minimum atomic E-state index is -3.55. The Morgan fingerprint density at radius 2 is 2.00 bits per heavy atom. The minimum Gasteiger partial charge on any atom is -0.452 e. The molecule has 1 heterocycles. The number of nitrogens with zero attached hydrogens (tertiary/aromatic N) is 1. The van der Waals surface area contributed by atoms with E-state index in [1.807, 2.05) is 13.8 Å². The van der Waals surface area contributed by atoms with Crippen molar-refractivity contribution in [3.05, 3.63) is 16.5 Å². The fourth-order valence-corrected chi connectivity index (χ4v) is 4.46. The number of rotatable bonds is 8. The van der Waals surface area contributed by atoms with E-state index in [9.17, 15) is 8.42 Å². The maximum absolute atomic E-state index is 12.7. The molecule has 0 aliphatic rings. The second-order valence-electron chi connectivity index (χ2n) is 5.63. The largest absolute Gasteiger partial charge is 0.452 e. The highest BCUT2D eigenvalue weighted by Gasteiger charge is 2.30. The van der Waals surface area contributed by atoms with Crippen molar-refractivity contribution in [3.63, 3.8) is 0 Å². The molecule has 1 rings (SSSR count). The van der Waals surface area contributed by atoms with E-state index in [0.29, 0.717) is 18.2 Å². The van der Waals surface area contributed by atoms with Crippen LogP contribution in [-0.4, -0.2) is 32.4 Å². The number of nitrogens with one attached hydrogen (secondary N) is 1. The first-order valence-electron chi connectivity index (χ1n) is 7.17. The Labute approximate surface area is 136 Å². The summed E-state index contributed by atoms with van der Waals surface area (Å²) in [6, 6.07) is 1.52. The third-order valence-electron chi connectivity index (χ3n) is 3.35. The summed E-state index contributed by atoms with van der Waals surface area (Å²) in [5.41, 5.74) is 0. The number of hydrogen-bond donors (Lipinski definition) is 1. The standard InChI is InChI=1S/C14H25BrN2O3S/c1-6-16-9-12-8-13(14(15)20-12)21(18,19)17(5)11(4)7-10(2)3/h8,10-11,16H,6-7,9H2,1-5H3. The Morgan fingerprint density at radius 3 is 2.52 bits per heavy atom. The van der Waals surface area contributed by atoms with Crippen LogP contribution in [0.5, 0.6) is 0 Å². The van der Waals surface area contributed by atoms with Gasteiger partial charge in [0.1, 0.15) is 10.7 Å². The van der Waals surface area contributed by atoms with Crippen LogP contribution in [0.1, 0.15) is 39.9 Å². The summed E-state index contributed by atoms with van der Waals surface area (Å²) >= 11 is 3.21. The summed E-state index contributed by atoms with van der Waals surface area (Å²) in [5.74, 6) is 1.04. The first-order chi connectivity index (χ1) is 9.70. The van der Waals surface area contributed by atoms with Gasteiger partial charge in [0.05, 0.1) is 6.54 Å². The molecule has 1 atom stereocenters. The van der Waals surface area contributed by atoms with Crippen LogP contribution in [0.3, 0.4) is 0 Å². The van der Waals surface area contributed by atoms with Gasteiger partial charge in [-0.25, -0.2) is 8.42 Å². The lowest BCUT2D eigenvalue weighted by atomic mass is 10.1. The third-order valence-corrected chi connectivity index (χ3v) is 6.17. The molecule has 1 aromatic heterocycles. The van der Waals surface area contributed by atoms with Crippen molar-refractivity contribution >= 4 is 26.0 Å². The first-order valence-corrected chi connectivity index (χ1v) is 9.40. The maximum Gasteiger partial charge on any atom is 0.247 e. The van der Waals surface area contributed by atoms with Crippen molar-refractivity contribution in [1.82, 2.24) is 9.62 Å². The van der Waals surface area contributed by atoms with Crippen LogP contribution in [0.25, 0.3) is 0 Å². The van der Waals surface area contributed by atoms with Crippen molar-refractivity contribution in [2.24, 2.45) is 5.92 Å². The molecule has 0 aromatic carbocycles. The fourth-order valence-electron chi connectivity index (χ4n) is 2.13. The van der Waals surface area contributed by atoms with Crippen molar-refractivity contribution in [2.45, 2.75) is 51.6 Å². The predicted octanol–water partition coefficient (Wildman–Crippen LogP) is 3.21. The molecule has 1 aromatic rings. The summed E-state index contributed by atoms with van der Waals surface area (Å²) in [6.07, 6.45) is 0.815. The van der Waals surface area contributed by atoms with Gasteiger partial charge in [-0.1, -0.05) is 20.8 Å². The molecule has 1 N–H and O–H groups in total. The summed E-state index contributed by atoms with van der Waals surface area (Å²) in [4.78, 5) is 0.188. The van der Waals surface area contributed by atoms with E-state index in [-0.39, 0.29) is 15.6 Å². The lowest BCUT2D eigenvalue weighted by molar-refractivity contribution is 0.337. The van der Waals surface area contributed by atoms with Crippen molar-refractivity contribution in [2.75, 3.05) is 13.6 Å². The summed E-state index contributed by atoms with van der Waals surface area (Å²) in [5, 5.41) is 3.11. The zero-order valence-electron chi connectivity index (χ0n) is 13.3. The number of sulfonamides is 1. The van der Waals surface area contributed by atoms with Gasteiger partial charge in [0.15, 0.2) is 4.67 Å². The Balaban J connectivity index is 2.99. The van der Waals surface area contributed by atoms with Crippen LogP contribution in [0.2, 0.25) is 0 Å². The lowest BCUT2D eigenvalue weighted by Gasteiger charge is -2.25. The Bertz CT molecular complexity index is 555. The molecule has 21 heavy (non-hydrogen) atoms. The molecule has 0 bridgehead atoms. The highest BCUT2D eigenvalue weighted by atomic mass is 79.9. The normalized spacial score (nSPS) is 14.1. The molecular weight excluding hydrogens is 356 g/mol. The van der Waals surface area contributed by atoms with Crippen LogP contribution in [0, 0.1) is 5.92 Å². The summed E-state index contributed by atoms with van der Waals surface area (Å²) in [7, 11) is -1.94. The number of furan rings is 1. The predicted molar refractivity (Wildman–Crippen MR) is 87.7 cm³/mol. The molecule has 0 saturated carbocycles. The topological polar surface area (TPSA) is 62.6 Å². The van der Waals surface area contributed by atoms with E-state index in [2.05, 4.69) is 35.1 Å². The van der Waals surface area contributed by atoms with E-state index in [0.717, 1.165) is 13.0 Å². The van der Waals surface area contributed by atoms with Crippen LogP contribution >= 0.6 is 15.9 Å². The van der Waals surface area contributed by atoms with Gasteiger partial charge in [0.2, 0.25) is 10.0 Å². The Morgan fingerprint density at radius 1 is 1.38 bits per heavy atom. The Hall–Kier alpha value is -0.370. The highest BCUT2D eigenvalue weighted by Crippen LogP contribution is 2.29. The monoisotopic (exact) mass is 380 g/mol. The second kappa shape index (κ2) is 7.76. The molecule has 0 radical (unpaired) electrons. The highest BCUT2D eigenvalue weighted by molar-refractivity contribution is 9.10. The SMILES string of the molecule is CCNCc1cc(S(=O)(=O)N(C)C(C)CC(C)C)c(Br)o1. The summed E-state index contributed by atoms with van der Waals surface area (Å²) < 4.78 is 32.5. The third kappa shape index (κ3) is 4.81. The number of halogens is 1. The van der Waals surface area contributed by atoms with Crippen molar-refractivity contribution in [1.29, 1.82) is 0 Å². The minimum absolute atomic E-state index is 0.0611. The van der Waals surface area contributed by atoms with Crippen LogP contribution in [0.15, 0.2) is 20.0 Å². The molecule has 1 unspecified atom stereocenters. The van der Waals surface area contributed by atoms with Gasteiger partial charge in [0.25, 0.3) is 0 Å². The van der Waals surface area contributed by atoms with Gasteiger partial charge in [-0.3, -0.25) is 0 Å². The van der Waals surface area contributed by atoms with Crippen molar-refractivity contribution < 1.29 is 12.8 Å². The van der Waals surface area contributed by atoms with Gasteiger partial charge in [-0.2, -0.15) is 4.31 Å². The summed E-state index contributed by atoms with van der Waals surface area (Å²) in [6.45, 7) is 9.38. The molecule has 122 valence electrons. The molecule has 5 nitrogen and oxygen atoms in total. The van der Waals surface area contributed by atoms with E-state index in [4.69, 9.17) is 4.42 Å². The van der Waals surface area contributed by atoms with E-state index in [1.54, 1.807) is 13.1 Å². The van der Waals surface area contributed by atoms with Gasteiger partial charge < -0.3 is 9.73 Å². The molecule has 7 heteroatoms. The van der Waals surface area contributed by atoms with Gasteiger partial charge >= 0.3 is 0 Å². The zero-order chi connectivity index (χ0) is 16.2. The molecular formula is C14H25BrN2O3S. The van der Waals surface area contributed by atoms with Crippen LogP contribution in [-0.2, 0) is 16.6 Å². The van der Waals surface area contributed by atoms with Crippen LogP contribution < -0.4 is 5.32 Å². The zero-order valence-corrected chi connectivity index (χ0v) is 15.7. The second-order valence-corrected chi connectivity index (χ2v) is 8.32. The number of hydrogen-bond acceptors (Lipinski definition) is 4. The van der Waals surface area contributed by atoms with E-state index < -0.39 is 10.0 Å². The first kappa shape index (κ1) is 18.7. The maximum atomic E-state index is 12.7. The van der Waals surface area contributed by atoms with E-state index >= 15 is 0 Å². The fraction of sp³-hybridized carbons (Fsp3) is 0.714. The molecule has 0 aliphatic carbocycles. The quantitative estimate of drug-likeness (QED) is 0.751. The molecule has 0 saturated heterocycles. The van der Waals surface area contributed by atoms with E-state index in [1.165, 1.54) is 4.31 Å². The molecule has 0 spiro atoms. The van der Waals surface area contributed by atoms with Crippen LogP contribution in [0.4, 0.5) is 0 Å². The van der Waals surface area contributed by atoms with Gasteiger partial charge in [-0.05, 0) is 41.7 Å². The molecule has 0 aliphatic heterocycles. The van der Waals surface area contributed by atoms with Crippen molar-refractivity contribution in [3.8, 4) is 0 Å². The average molecular weight is 381 g/mol. The van der Waals surface area contributed by atoms with Gasteiger partial charge in [-0.15, -0.1) is 0 Å². The molecule has 0 amide bonds. The van der Waals surface area contributed by atoms with Gasteiger partial charge in [0, 0.05) is 19.2 Å².